The van der Waals surface area contributed by atoms with E-state index in [1.54, 1.807) is 6.92 Å². The molecule has 1 aromatic carbocycles. The van der Waals surface area contributed by atoms with E-state index in [-0.39, 0.29) is 25.4 Å². The maximum Gasteiger partial charge on any atom is 0.417 e. The number of esters is 1. The number of aromatic nitrogens is 2. The summed E-state index contributed by atoms with van der Waals surface area (Å²) in [5, 5.41) is -0.591. The Morgan fingerprint density at radius 1 is 1.37 bits per heavy atom. The van der Waals surface area contributed by atoms with Crippen molar-refractivity contribution < 1.29 is 31.1 Å². The molecule has 0 aliphatic rings. The third kappa shape index (κ3) is 5.44. The lowest BCUT2D eigenvalue weighted by Gasteiger charge is -2.12. The highest BCUT2D eigenvalue weighted by molar-refractivity contribution is 7.89. The van der Waals surface area contributed by atoms with Crippen LogP contribution >= 0.6 is 11.6 Å². The normalized spacial score (nSPS) is 12.2. The number of halogens is 4. The maximum atomic E-state index is 12.9. The molecule has 0 bridgehead atoms. The topological polar surface area (TPSA) is 90.3 Å². The average Bonchev–Trinajstić information content (AvgIpc) is 3.03. The Balaban J connectivity index is 2.04. The van der Waals surface area contributed by atoms with Gasteiger partial charge in [0.1, 0.15) is 0 Å². The van der Waals surface area contributed by atoms with Crippen LogP contribution in [0.25, 0.3) is 0 Å². The molecular weight excluding hydrogens is 411 g/mol. The van der Waals surface area contributed by atoms with Crippen LogP contribution in [0.5, 0.6) is 0 Å². The van der Waals surface area contributed by atoms with E-state index in [2.05, 4.69) is 9.71 Å². The summed E-state index contributed by atoms with van der Waals surface area (Å²) in [5.74, 6) is -0.613. The van der Waals surface area contributed by atoms with Crippen LogP contribution in [-0.2, 0) is 27.5 Å². The molecule has 0 radical (unpaired) electrons. The van der Waals surface area contributed by atoms with E-state index in [1.807, 2.05) is 0 Å². The first-order chi connectivity index (χ1) is 12.5. The summed E-state index contributed by atoms with van der Waals surface area (Å²) in [7, 11) is -4.18. The fraction of sp³-hybridized carbons (Fsp3) is 0.333. The molecule has 1 heterocycles. The van der Waals surface area contributed by atoms with Gasteiger partial charge in [0.25, 0.3) is 0 Å². The molecule has 1 aromatic heterocycles. The van der Waals surface area contributed by atoms with Gasteiger partial charge >= 0.3 is 12.1 Å². The van der Waals surface area contributed by atoms with Crippen LogP contribution in [0.1, 0.15) is 23.0 Å². The van der Waals surface area contributed by atoms with E-state index >= 15 is 0 Å². The van der Waals surface area contributed by atoms with Crippen molar-refractivity contribution in [1.82, 2.24) is 14.3 Å². The van der Waals surface area contributed by atoms with Gasteiger partial charge in [0.05, 0.1) is 28.4 Å². The number of nitrogens with zero attached hydrogens (tertiary/aromatic N) is 2. The Bertz CT molecular complexity index is 929. The van der Waals surface area contributed by atoms with Crippen LogP contribution in [0, 0.1) is 0 Å². The van der Waals surface area contributed by atoms with Gasteiger partial charge in [-0.2, -0.15) is 13.2 Å². The number of nitrogens with one attached hydrogen (secondary N) is 1. The number of rotatable bonds is 7. The Morgan fingerprint density at radius 3 is 2.70 bits per heavy atom. The van der Waals surface area contributed by atoms with Gasteiger partial charge in [0.15, 0.2) is 5.69 Å². The minimum absolute atomic E-state index is 0.0622. The Labute approximate surface area is 158 Å². The number of carbonyl (C=O) groups excluding carboxylic acids is 1. The van der Waals surface area contributed by atoms with Gasteiger partial charge in [-0.3, -0.25) is 0 Å². The third-order valence-electron chi connectivity index (χ3n) is 3.33. The lowest BCUT2D eigenvalue weighted by atomic mass is 10.2. The number of ether oxygens (including phenoxy) is 1. The fourth-order valence-electron chi connectivity index (χ4n) is 2.07. The Hall–Kier alpha value is -2.11. The van der Waals surface area contributed by atoms with Gasteiger partial charge in [-0.05, 0) is 25.1 Å². The molecule has 27 heavy (non-hydrogen) atoms. The van der Waals surface area contributed by atoms with Gasteiger partial charge in [-0.1, -0.05) is 11.6 Å². The summed E-state index contributed by atoms with van der Waals surface area (Å²) in [6.07, 6.45) is -2.09. The number of benzene rings is 1. The number of hydrogen-bond acceptors (Lipinski definition) is 5. The lowest BCUT2D eigenvalue weighted by Crippen LogP contribution is -2.27. The molecular formula is C15H15ClF3N3O4S. The quantitative estimate of drug-likeness (QED) is 0.689. The average molecular weight is 426 g/mol. The molecule has 0 unspecified atom stereocenters. The SMILES string of the molecule is CCOC(=O)c1cn(CCNS(=O)(=O)c2ccc(Cl)c(C(F)(F)F)c2)cn1. The van der Waals surface area contributed by atoms with Gasteiger partial charge in [0.2, 0.25) is 10.0 Å². The van der Waals surface area contributed by atoms with Crippen LogP contribution < -0.4 is 4.72 Å². The molecule has 0 amide bonds. The zero-order chi connectivity index (χ0) is 20.2. The van der Waals surface area contributed by atoms with E-state index in [1.165, 1.54) is 17.1 Å². The Kier molecular flexibility index (Phi) is 6.50. The van der Waals surface area contributed by atoms with Crippen molar-refractivity contribution in [2.45, 2.75) is 24.5 Å². The minimum Gasteiger partial charge on any atom is -0.461 e. The largest absolute Gasteiger partial charge is 0.461 e. The highest BCUT2D eigenvalue weighted by Gasteiger charge is 2.34. The summed E-state index contributed by atoms with van der Waals surface area (Å²) in [6.45, 7) is 1.80. The standard InChI is InChI=1S/C15H15ClF3N3O4S/c1-2-26-14(23)13-8-22(9-20-13)6-5-21-27(24,25)10-3-4-12(16)11(7-10)15(17,18)19/h3-4,7-9,21H,2,5-6H2,1H3. The third-order valence-corrected chi connectivity index (χ3v) is 5.12. The lowest BCUT2D eigenvalue weighted by molar-refractivity contribution is -0.137. The predicted octanol–water partition coefficient (Wildman–Crippen LogP) is 2.71. The van der Waals surface area contributed by atoms with E-state index in [4.69, 9.17) is 16.3 Å². The highest BCUT2D eigenvalue weighted by Crippen LogP contribution is 2.35. The highest BCUT2D eigenvalue weighted by atomic mass is 35.5. The van der Waals surface area contributed by atoms with E-state index in [0.29, 0.717) is 6.07 Å². The van der Waals surface area contributed by atoms with Crippen molar-refractivity contribution >= 4 is 27.6 Å². The molecule has 0 aliphatic heterocycles. The minimum atomic E-state index is -4.77. The van der Waals surface area contributed by atoms with Gasteiger partial charge < -0.3 is 9.30 Å². The predicted molar refractivity (Wildman–Crippen MR) is 89.8 cm³/mol. The van der Waals surface area contributed by atoms with E-state index < -0.39 is 37.7 Å². The maximum absolute atomic E-state index is 12.9. The summed E-state index contributed by atoms with van der Waals surface area (Å²) in [6, 6.07) is 2.33. The van der Waals surface area contributed by atoms with Gasteiger partial charge in [-0.15, -0.1) is 0 Å². The first-order valence-corrected chi connectivity index (χ1v) is 9.46. The first-order valence-electron chi connectivity index (χ1n) is 7.60. The zero-order valence-corrected chi connectivity index (χ0v) is 15.5. The van der Waals surface area contributed by atoms with Crippen LogP contribution in [0.2, 0.25) is 5.02 Å². The van der Waals surface area contributed by atoms with Crippen LogP contribution in [0.15, 0.2) is 35.6 Å². The second-order valence-electron chi connectivity index (χ2n) is 5.25. The second kappa shape index (κ2) is 8.28. The molecule has 0 saturated heterocycles. The van der Waals surface area contributed by atoms with Crippen LogP contribution in [0.3, 0.4) is 0 Å². The molecule has 0 fully saturated rings. The van der Waals surface area contributed by atoms with Crippen molar-refractivity contribution in [2.24, 2.45) is 0 Å². The van der Waals surface area contributed by atoms with E-state index in [0.717, 1.165) is 12.1 Å². The van der Waals surface area contributed by atoms with Crippen LogP contribution in [0.4, 0.5) is 13.2 Å². The number of imidazole rings is 1. The molecule has 2 rings (SSSR count). The van der Waals surface area contributed by atoms with Gasteiger partial charge in [-0.25, -0.2) is 22.9 Å². The molecule has 0 spiro atoms. The molecule has 148 valence electrons. The number of hydrogen-bond donors (Lipinski definition) is 1. The second-order valence-corrected chi connectivity index (χ2v) is 7.43. The molecule has 7 nitrogen and oxygen atoms in total. The molecule has 0 aliphatic carbocycles. The van der Waals surface area contributed by atoms with Crippen LogP contribution in [-0.4, -0.2) is 37.1 Å². The fourth-order valence-corrected chi connectivity index (χ4v) is 3.35. The van der Waals surface area contributed by atoms with Crippen molar-refractivity contribution in [3.05, 3.63) is 47.0 Å². The van der Waals surface area contributed by atoms with Crippen molar-refractivity contribution in [3.8, 4) is 0 Å². The number of sulfonamides is 1. The molecule has 2 aromatic rings. The molecule has 12 heteroatoms. The first kappa shape index (κ1) is 21.2. The zero-order valence-electron chi connectivity index (χ0n) is 14.0. The number of alkyl halides is 3. The Morgan fingerprint density at radius 2 is 2.07 bits per heavy atom. The van der Waals surface area contributed by atoms with Crippen molar-refractivity contribution in [1.29, 1.82) is 0 Å². The van der Waals surface area contributed by atoms with Gasteiger partial charge in [0, 0.05) is 19.3 Å². The van der Waals surface area contributed by atoms with E-state index in [9.17, 15) is 26.4 Å². The smallest absolute Gasteiger partial charge is 0.417 e. The summed E-state index contributed by atoms with van der Waals surface area (Å²) < 4.78 is 71.4. The molecule has 0 saturated carbocycles. The summed E-state index contributed by atoms with van der Waals surface area (Å²) >= 11 is 5.48. The summed E-state index contributed by atoms with van der Waals surface area (Å²) in [5.41, 5.74) is -1.17. The number of carbonyl (C=O) groups is 1. The van der Waals surface area contributed by atoms with Crippen molar-refractivity contribution in [3.63, 3.8) is 0 Å². The monoisotopic (exact) mass is 425 g/mol. The molecule has 0 atom stereocenters. The van der Waals surface area contributed by atoms with Crippen molar-refractivity contribution in [2.75, 3.05) is 13.2 Å². The molecule has 1 N–H and O–H groups in total. The summed E-state index contributed by atoms with van der Waals surface area (Å²) in [4.78, 5) is 14.8.